The standard InChI is InChI=1S/C24H32N4O3/c1-3-31-22(29)16-19-8-6-7-13-28(19)23(30)18-11-14-27(15-12-18)24-25-17(2)20-9-4-5-10-21(20)26-24/h4-5,9-10,18-19H,3,6-8,11-16H2,1-2H3/t19-/m0/s1. The molecule has 7 nitrogen and oxygen atoms in total. The molecule has 0 radical (unpaired) electrons. The van der Waals surface area contributed by atoms with Gasteiger partial charge in [-0.15, -0.1) is 0 Å². The molecule has 2 fully saturated rings. The lowest BCUT2D eigenvalue weighted by atomic mass is 9.92. The molecular formula is C24H32N4O3. The maximum Gasteiger partial charge on any atom is 0.307 e. The fraction of sp³-hybridized carbons (Fsp3) is 0.583. The largest absolute Gasteiger partial charge is 0.466 e. The molecule has 0 aliphatic carbocycles. The number of anilines is 1. The van der Waals surface area contributed by atoms with Crippen molar-refractivity contribution in [2.75, 3.05) is 31.1 Å². The summed E-state index contributed by atoms with van der Waals surface area (Å²) in [5.41, 5.74) is 1.94. The zero-order valence-electron chi connectivity index (χ0n) is 18.5. The van der Waals surface area contributed by atoms with Crippen LogP contribution >= 0.6 is 0 Å². The number of likely N-dealkylation sites (tertiary alicyclic amines) is 1. The third-order valence-electron chi connectivity index (χ3n) is 6.53. The van der Waals surface area contributed by atoms with Gasteiger partial charge < -0.3 is 14.5 Å². The molecule has 31 heavy (non-hydrogen) atoms. The lowest BCUT2D eigenvalue weighted by Gasteiger charge is -2.39. The second-order valence-corrected chi connectivity index (χ2v) is 8.58. The van der Waals surface area contributed by atoms with Crippen molar-refractivity contribution in [1.29, 1.82) is 0 Å². The zero-order chi connectivity index (χ0) is 21.8. The first-order valence-electron chi connectivity index (χ1n) is 11.5. The molecule has 0 bridgehead atoms. The Balaban J connectivity index is 1.40. The van der Waals surface area contributed by atoms with Crippen LogP contribution in [0, 0.1) is 12.8 Å². The summed E-state index contributed by atoms with van der Waals surface area (Å²) in [6, 6.07) is 8.04. The van der Waals surface area contributed by atoms with E-state index in [1.54, 1.807) is 0 Å². The van der Waals surface area contributed by atoms with E-state index in [9.17, 15) is 9.59 Å². The molecule has 7 heteroatoms. The fourth-order valence-corrected chi connectivity index (χ4v) is 4.84. The van der Waals surface area contributed by atoms with Crippen LogP contribution in [0.3, 0.4) is 0 Å². The summed E-state index contributed by atoms with van der Waals surface area (Å²) in [6.07, 6.45) is 4.84. The first-order valence-corrected chi connectivity index (χ1v) is 11.5. The van der Waals surface area contributed by atoms with Gasteiger partial charge in [-0.25, -0.2) is 9.97 Å². The monoisotopic (exact) mass is 424 g/mol. The molecule has 1 atom stereocenters. The van der Waals surface area contributed by atoms with Gasteiger partial charge in [-0.1, -0.05) is 18.2 Å². The maximum absolute atomic E-state index is 13.3. The number of aromatic nitrogens is 2. The van der Waals surface area contributed by atoms with Crippen molar-refractivity contribution in [3.63, 3.8) is 0 Å². The van der Waals surface area contributed by atoms with E-state index in [0.717, 1.165) is 74.3 Å². The minimum atomic E-state index is -0.203. The topological polar surface area (TPSA) is 75.6 Å². The predicted octanol–water partition coefficient (Wildman–Crippen LogP) is 3.49. The second-order valence-electron chi connectivity index (χ2n) is 8.58. The van der Waals surface area contributed by atoms with Crippen molar-refractivity contribution in [2.24, 2.45) is 5.92 Å². The van der Waals surface area contributed by atoms with E-state index < -0.39 is 0 Å². The summed E-state index contributed by atoms with van der Waals surface area (Å²) in [5, 5.41) is 1.08. The highest BCUT2D eigenvalue weighted by molar-refractivity contribution is 5.82. The number of hydrogen-bond donors (Lipinski definition) is 0. The summed E-state index contributed by atoms with van der Waals surface area (Å²) in [6.45, 7) is 6.50. The molecular weight excluding hydrogens is 392 g/mol. The molecule has 1 aromatic carbocycles. The minimum absolute atomic E-state index is 0.000555. The first kappa shape index (κ1) is 21.5. The molecule has 0 unspecified atom stereocenters. The Morgan fingerprint density at radius 2 is 1.84 bits per heavy atom. The van der Waals surface area contributed by atoms with Crippen molar-refractivity contribution in [3.05, 3.63) is 30.0 Å². The van der Waals surface area contributed by atoms with E-state index in [1.165, 1.54) is 0 Å². The average molecular weight is 425 g/mol. The molecule has 0 saturated carbocycles. The number of fused-ring (bicyclic) bond motifs is 1. The molecule has 0 N–H and O–H groups in total. The van der Waals surface area contributed by atoms with Crippen molar-refractivity contribution < 1.29 is 14.3 Å². The molecule has 0 spiro atoms. The number of para-hydroxylation sites is 1. The van der Waals surface area contributed by atoms with Gasteiger partial charge in [0.1, 0.15) is 0 Å². The highest BCUT2D eigenvalue weighted by atomic mass is 16.5. The second kappa shape index (κ2) is 9.62. The fourth-order valence-electron chi connectivity index (χ4n) is 4.84. The molecule has 2 saturated heterocycles. The van der Waals surface area contributed by atoms with E-state index in [2.05, 4.69) is 4.90 Å². The van der Waals surface area contributed by atoms with Crippen molar-refractivity contribution in [1.82, 2.24) is 14.9 Å². The number of esters is 1. The van der Waals surface area contributed by atoms with Crippen LogP contribution in [0.4, 0.5) is 5.95 Å². The quantitative estimate of drug-likeness (QED) is 0.684. The van der Waals surface area contributed by atoms with Gasteiger partial charge in [-0.3, -0.25) is 9.59 Å². The van der Waals surface area contributed by atoms with Crippen LogP contribution in [0.2, 0.25) is 0 Å². The summed E-state index contributed by atoms with van der Waals surface area (Å²) >= 11 is 0. The lowest BCUT2D eigenvalue weighted by Crippen LogP contribution is -2.49. The molecule has 4 rings (SSSR count). The Hall–Kier alpha value is -2.70. The number of amides is 1. The van der Waals surface area contributed by atoms with Gasteiger partial charge in [-0.2, -0.15) is 0 Å². The van der Waals surface area contributed by atoms with Crippen LogP contribution in [-0.4, -0.2) is 59.0 Å². The molecule has 2 aliphatic heterocycles. The summed E-state index contributed by atoms with van der Waals surface area (Å²) in [5.74, 6) is 0.746. The van der Waals surface area contributed by atoms with Gasteiger partial charge in [0.05, 0.1) is 24.2 Å². The van der Waals surface area contributed by atoms with Crippen molar-refractivity contribution in [2.45, 2.75) is 58.4 Å². The van der Waals surface area contributed by atoms with Crippen LogP contribution in [0.15, 0.2) is 24.3 Å². The average Bonchev–Trinajstić information content (AvgIpc) is 2.79. The normalized spacial score (nSPS) is 20.1. The van der Waals surface area contributed by atoms with Crippen molar-refractivity contribution >= 4 is 28.7 Å². The molecule has 2 aromatic rings. The van der Waals surface area contributed by atoms with E-state index in [4.69, 9.17) is 14.7 Å². The molecule has 1 amide bonds. The molecule has 166 valence electrons. The Morgan fingerprint density at radius 1 is 1.06 bits per heavy atom. The SMILES string of the molecule is CCOC(=O)C[C@@H]1CCCCN1C(=O)C1CCN(c2nc(C)c3ccccc3n2)CC1. The van der Waals surface area contributed by atoms with Crippen LogP contribution in [0.25, 0.3) is 10.9 Å². The van der Waals surface area contributed by atoms with Crippen molar-refractivity contribution in [3.8, 4) is 0 Å². The van der Waals surface area contributed by atoms with E-state index >= 15 is 0 Å². The number of carbonyl (C=O) groups excluding carboxylic acids is 2. The van der Waals surface area contributed by atoms with Crippen LogP contribution in [0.5, 0.6) is 0 Å². The maximum atomic E-state index is 13.3. The number of aryl methyl sites for hydroxylation is 1. The number of nitrogens with zero attached hydrogens (tertiary/aromatic N) is 4. The molecule has 1 aromatic heterocycles. The van der Waals surface area contributed by atoms with Gasteiger partial charge in [-0.05, 0) is 52.0 Å². The van der Waals surface area contributed by atoms with Gasteiger partial charge in [0.15, 0.2) is 0 Å². The lowest BCUT2D eigenvalue weighted by molar-refractivity contribution is -0.148. The third kappa shape index (κ3) is 4.81. The molecule has 2 aliphatic rings. The Labute approximate surface area is 183 Å². The van der Waals surface area contributed by atoms with E-state index in [0.29, 0.717) is 13.0 Å². The van der Waals surface area contributed by atoms with Crippen LogP contribution in [-0.2, 0) is 14.3 Å². The first-order chi connectivity index (χ1) is 15.1. The van der Waals surface area contributed by atoms with Gasteiger partial charge >= 0.3 is 5.97 Å². The van der Waals surface area contributed by atoms with E-state index in [1.807, 2.05) is 43.0 Å². The number of hydrogen-bond acceptors (Lipinski definition) is 6. The summed E-state index contributed by atoms with van der Waals surface area (Å²) < 4.78 is 5.12. The number of benzene rings is 1. The highest BCUT2D eigenvalue weighted by Gasteiger charge is 2.35. The Bertz CT molecular complexity index is 940. The zero-order valence-corrected chi connectivity index (χ0v) is 18.5. The smallest absolute Gasteiger partial charge is 0.307 e. The van der Waals surface area contributed by atoms with Gasteiger partial charge in [0.25, 0.3) is 0 Å². The Kier molecular flexibility index (Phi) is 6.68. The van der Waals surface area contributed by atoms with Gasteiger partial charge in [0.2, 0.25) is 11.9 Å². The number of rotatable bonds is 5. The van der Waals surface area contributed by atoms with Crippen LogP contribution in [0.1, 0.15) is 51.1 Å². The van der Waals surface area contributed by atoms with E-state index in [-0.39, 0.29) is 23.8 Å². The molecule has 3 heterocycles. The number of ether oxygens (including phenoxy) is 1. The number of piperidine rings is 2. The summed E-state index contributed by atoms with van der Waals surface area (Å²) in [4.78, 5) is 38.9. The highest BCUT2D eigenvalue weighted by Crippen LogP contribution is 2.28. The predicted molar refractivity (Wildman–Crippen MR) is 120 cm³/mol. The third-order valence-corrected chi connectivity index (χ3v) is 6.53. The minimum Gasteiger partial charge on any atom is -0.466 e. The summed E-state index contributed by atoms with van der Waals surface area (Å²) in [7, 11) is 0. The van der Waals surface area contributed by atoms with Gasteiger partial charge in [0, 0.05) is 37.0 Å². The Morgan fingerprint density at radius 3 is 2.61 bits per heavy atom. The van der Waals surface area contributed by atoms with Crippen LogP contribution < -0.4 is 4.90 Å². The number of carbonyl (C=O) groups is 2.